The molecule has 0 spiro atoms. The fourth-order valence-corrected chi connectivity index (χ4v) is 1.98. The van der Waals surface area contributed by atoms with Crippen LogP contribution in [0.2, 0.25) is 0 Å². The number of amides is 2. The molecule has 1 fully saturated rings. The standard InChI is InChI=1S/C13H14FNO3/c1-2-12(16)15-11(8-18-13(15)17)7-9-3-5-10(14)6-4-9/h3-6,11H,2,7-8H2,1H3. The highest BCUT2D eigenvalue weighted by Gasteiger charge is 2.36. The number of nitrogens with zero attached hydrogens (tertiary/aromatic N) is 1. The summed E-state index contributed by atoms with van der Waals surface area (Å²) in [4.78, 5) is 24.3. The van der Waals surface area contributed by atoms with Gasteiger partial charge in [0.15, 0.2) is 0 Å². The van der Waals surface area contributed by atoms with E-state index in [0.29, 0.717) is 6.42 Å². The first-order valence-electron chi connectivity index (χ1n) is 5.85. The van der Waals surface area contributed by atoms with Gasteiger partial charge in [0.2, 0.25) is 5.91 Å². The molecule has 0 radical (unpaired) electrons. The number of ether oxygens (including phenoxy) is 1. The molecule has 1 aliphatic heterocycles. The molecular weight excluding hydrogens is 237 g/mol. The molecule has 1 aromatic carbocycles. The molecule has 1 aromatic rings. The van der Waals surface area contributed by atoms with Crippen LogP contribution in [-0.4, -0.2) is 29.5 Å². The second-order valence-corrected chi connectivity index (χ2v) is 4.18. The minimum absolute atomic E-state index is 0.196. The maximum absolute atomic E-state index is 12.8. The molecular formula is C13H14FNO3. The normalized spacial score (nSPS) is 18.9. The Bertz CT molecular complexity index is 458. The Hall–Kier alpha value is -1.91. The third-order valence-electron chi connectivity index (χ3n) is 2.92. The monoisotopic (exact) mass is 251 g/mol. The Balaban J connectivity index is 2.10. The van der Waals surface area contributed by atoms with Crippen molar-refractivity contribution < 1.29 is 18.7 Å². The number of hydrogen-bond donors (Lipinski definition) is 0. The lowest BCUT2D eigenvalue weighted by Gasteiger charge is -2.18. The van der Waals surface area contributed by atoms with Gasteiger partial charge in [0, 0.05) is 6.42 Å². The zero-order valence-corrected chi connectivity index (χ0v) is 10.1. The first-order valence-corrected chi connectivity index (χ1v) is 5.85. The maximum Gasteiger partial charge on any atom is 0.416 e. The average molecular weight is 251 g/mol. The van der Waals surface area contributed by atoms with Crippen molar-refractivity contribution >= 4 is 12.0 Å². The predicted molar refractivity (Wildman–Crippen MR) is 62.4 cm³/mol. The summed E-state index contributed by atoms with van der Waals surface area (Å²) in [7, 11) is 0. The average Bonchev–Trinajstić information content (AvgIpc) is 2.72. The molecule has 1 heterocycles. The lowest BCUT2D eigenvalue weighted by atomic mass is 10.1. The summed E-state index contributed by atoms with van der Waals surface area (Å²) in [5, 5.41) is 0. The van der Waals surface area contributed by atoms with Gasteiger partial charge in [0.1, 0.15) is 12.4 Å². The largest absolute Gasteiger partial charge is 0.447 e. The highest BCUT2D eigenvalue weighted by Crippen LogP contribution is 2.18. The van der Waals surface area contributed by atoms with E-state index in [-0.39, 0.29) is 30.8 Å². The number of rotatable bonds is 3. The number of halogens is 1. The molecule has 0 N–H and O–H groups in total. The first-order chi connectivity index (χ1) is 8.61. The van der Waals surface area contributed by atoms with Gasteiger partial charge in [0.05, 0.1) is 6.04 Å². The SMILES string of the molecule is CCC(=O)N1C(=O)OCC1Cc1ccc(F)cc1. The summed E-state index contributed by atoms with van der Waals surface area (Å²) in [6.07, 6.45) is 0.154. The lowest BCUT2D eigenvalue weighted by Crippen LogP contribution is -2.39. The van der Waals surface area contributed by atoms with E-state index in [0.717, 1.165) is 10.5 Å². The second-order valence-electron chi connectivity index (χ2n) is 4.18. The summed E-state index contributed by atoms with van der Waals surface area (Å²) >= 11 is 0. The molecule has 1 saturated heterocycles. The maximum atomic E-state index is 12.8. The summed E-state index contributed by atoms with van der Waals surface area (Å²) in [6.45, 7) is 1.89. The van der Waals surface area contributed by atoms with E-state index >= 15 is 0 Å². The smallest absolute Gasteiger partial charge is 0.416 e. The zero-order valence-electron chi connectivity index (χ0n) is 10.1. The Morgan fingerprint density at radius 1 is 1.44 bits per heavy atom. The van der Waals surface area contributed by atoms with Crippen LogP contribution in [0.15, 0.2) is 24.3 Å². The third-order valence-corrected chi connectivity index (χ3v) is 2.92. The van der Waals surface area contributed by atoms with E-state index in [9.17, 15) is 14.0 Å². The quantitative estimate of drug-likeness (QED) is 0.826. The molecule has 18 heavy (non-hydrogen) atoms. The Morgan fingerprint density at radius 2 is 2.11 bits per heavy atom. The molecule has 96 valence electrons. The van der Waals surface area contributed by atoms with Crippen molar-refractivity contribution in [2.45, 2.75) is 25.8 Å². The van der Waals surface area contributed by atoms with Gasteiger partial charge in [-0.3, -0.25) is 4.79 Å². The third kappa shape index (κ3) is 2.50. The number of carbonyl (C=O) groups excluding carboxylic acids is 2. The molecule has 1 aliphatic rings. The number of hydrogen-bond acceptors (Lipinski definition) is 3. The molecule has 1 atom stereocenters. The Morgan fingerprint density at radius 3 is 2.72 bits per heavy atom. The van der Waals surface area contributed by atoms with Crippen molar-refractivity contribution in [2.24, 2.45) is 0 Å². The van der Waals surface area contributed by atoms with E-state index < -0.39 is 6.09 Å². The van der Waals surface area contributed by atoms with E-state index in [4.69, 9.17) is 4.74 Å². The summed E-state index contributed by atoms with van der Waals surface area (Å²) in [6, 6.07) is 5.72. The van der Waals surface area contributed by atoms with Gasteiger partial charge in [-0.25, -0.2) is 14.1 Å². The van der Waals surface area contributed by atoms with Crippen LogP contribution in [0.1, 0.15) is 18.9 Å². The molecule has 5 heteroatoms. The fraction of sp³-hybridized carbons (Fsp3) is 0.385. The van der Waals surface area contributed by atoms with Crippen molar-refractivity contribution in [3.63, 3.8) is 0 Å². The van der Waals surface area contributed by atoms with E-state index in [1.807, 2.05) is 0 Å². The minimum Gasteiger partial charge on any atom is -0.447 e. The van der Waals surface area contributed by atoms with E-state index in [1.54, 1.807) is 19.1 Å². The molecule has 0 aliphatic carbocycles. The molecule has 0 bridgehead atoms. The van der Waals surface area contributed by atoms with Gasteiger partial charge in [-0.15, -0.1) is 0 Å². The van der Waals surface area contributed by atoms with Gasteiger partial charge in [-0.05, 0) is 24.1 Å². The highest BCUT2D eigenvalue weighted by atomic mass is 19.1. The van der Waals surface area contributed by atoms with E-state index in [1.165, 1.54) is 12.1 Å². The number of cyclic esters (lactones) is 1. The van der Waals surface area contributed by atoms with Crippen LogP contribution >= 0.6 is 0 Å². The number of carbonyl (C=O) groups is 2. The summed E-state index contributed by atoms with van der Waals surface area (Å²) < 4.78 is 17.7. The molecule has 1 unspecified atom stereocenters. The van der Waals surface area contributed by atoms with Crippen LogP contribution in [0.5, 0.6) is 0 Å². The van der Waals surface area contributed by atoms with Crippen molar-refractivity contribution in [3.05, 3.63) is 35.6 Å². The highest BCUT2D eigenvalue weighted by molar-refractivity contribution is 5.93. The lowest BCUT2D eigenvalue weighted by molar-refractivity contribution is -0.128. The van der Waals surface area contributed by atoms with Gasteiger partial charge in [-0.1, -0.05) is 19.1 Å². The van der Waals surface area contributed by atoms with Gasteiger partial charge in [-0.2, -0.15) is 0 Å². The minimum atomic E-state index is -0.589. The first kappa shape index (κ1) is 12.5. The van der Waals surface area contributed by atoms with Crippen LogP contribution in [0.3, 0.4) is 0 Å². The Kier molecular flexibility index (Phi) is 3.60. The predicted octanol–water partition coefficient (Wildman–Crippen LogP) is 2.13. The van der Waals surface area contributed by atoms with Crippen LogP contribution < -0.4 is 0 Å². The van der Waals surface area contributed by atoms with Crippen LogP contribution in [0.25, 0.3) is 0 Å². The topological polar surface area (TPSA) is 46.6 Å². The molecule has 0 aromatic heterocycles. The number of imide groups is 1. The van der Waals surface area contributed by atoms with Crippen molar-refractivity contribution in [1.82, 2.24) is 4.90 Å². The van der Waals surface area contributed by atoms with Crippen LogP contribution in [0, 0.1) is 5.82 Å². The van der Waals surface area contributed by atoms with Gasteiger partial charge in [0.25, 0.3) is 0 Å². The Labute approximate surface area is 104 Å². The van der Waals surface area contributed by atoms with Gasteiger partial charge < -0.3 is 4.74 Å². The second kappa shape index (κ2) is 5.16. The van der Waals surface area contributed by atoms with Crippen LogP contribution in [-0.2, 0) is 16.0 Å². The molecule has 2 rings (SSSR count). The van der Waals surface area contributed by atoms with Gasteiger partial charge >= 0.3 is 6.09 Å². The van der Waals surface area contributed by atoms with Crippen LogP contribution in [0.4, 0.5) is 9.18 Å². The van der Waals surface area contributed by atoms with Crippen molar-refractivity contribution in [2.75, 3.05) is 6.61 Å². The fourth-order valence-electron chi connectivity index (χ4n) is 1.98. The zero-order chi connectivity index (χ0) is 13.1. The van der Waals surface area contributed by atoms with Crippen molar-refractivity contribution in [3.8, 4) is 0 Å². The van der Waals surface area contributed by atoms with E-state index in [2.05, 4.69) is 0 Å². The number of benzene rings is 1. The molecule has 0 saturated carbocycles. The van der Waals surface area contributed by atoms with Crippen molar-refractivity contribution in [1.29, 1.82) is 0 Å². The molecule has 2 amide bonds. The summed E-state index contributed by atoms with van der Waals surface area (Å²) in [5.74, 6) is -0.552. The summed E-state index contributed by atoms with van der Waals surface area (Å²) in [5.41, 5.74) is 0.869. The molecule has 4 nitrogen and oxygen atoms in total.